The fraction of sp³-hybridized carbons (Fsp3) is 1.00. The largest absolute Gasteiger partial charge is 0.383 e. The second-order valence-electron chi connectivity index (χ2n) is 2.71. The molecule has 1 N–H and O–H groups in total. The van der Waals surface area contributed by atoms with Gasteiger partial charge >= 0.3 is 0 Å². The summed E-state index contributed by atoms with van der Waals surface area (Å²) >= 11 is 5.53. The Morgan fingerprint density at radius 1 is 1.54 bits per heavy atom. The number of rotatable bonds is 6. The molecule has 0 spiro atoms. The average Bonchev–Trinajstić information content (AvgIpc) is 2.03. The second-order valence-corrected chi connectivity index (χ2v) is 4.94. The van der Waals surface area contributed by atoms with Crippen LogP contribution in [0.4, 0.5) is 0 Å². The van der Waals surface area contributed by atoms with Crippen LogP contribution in [0.1, 0.15) is 0 Å². The minimum absolute atomic E-state index is 0.181. The van der Waals surface area contributed by atoms with Crippen LogP contribution >= 0.6 is 11.6 Å². The molecule has 0 heterocycles. The van der Waals surface area contributed by atoms with Crippen LogP contribution in [0.5, 0.6) is 0 Å². The van der Waals surface area contributed by atoms with E-state index in [0.717, 1.165) is 4.31 Å². The fourth-order valence-corrected chi connectivity index (χ4v) is 1.67. The maximum Gasteiger partial charge on any atom is 0.279 e. The molecule has 0 saturated heterocycles. The van der Waals surface area contributed by atoms with Crippen molar-refractivity contribution in [1.82, 2.24) is 9.03 Å². The van der Waals surface area contributed by atoms with Gasteiger partial charge in [-0.3, -0.25) is 0 Å². The number of hydrogen-bond donors (Lipinski definition) is 1. The molecule has 0 bridgehead atoms. The second kappa shape index (κ2) is 5.77. The van der Waals surface area contributed by atoms with Crippen LogP contribution in [0, 0.1) is 0 Å². The maximum absolute atomic E-state index is 11.3. The van der Waals surface area contributed by atoms with E-state index in [-0.39, 0.29) is 18.5 Å². The molecule has 80 valence electrons. The van der Waals surface area contributed by atoms with E-state index in [2.05, 4.69) is 4.72 Å². The highest BCUT2D eigenvalue weighted by atomic mass is 35.5. The summed E-state index contributed by atoms with van der Waals surface area (Å²) in [4.78, 5) is 0. The van der Waals surface area contributed by atoms with Crippen molar-refractivity contribution in [2.45, 2.75) is 6.04 Å². The lowest BCUT2D eigenvalue weighted by atomic mass is 10.4. The van der Waals surface area contributed by atoms with Crippen LogP contribution in [-0.2, 0) is 14.9 Å². The summed E-state index contributed by atoms with van der Waals surface area (Å²) in [5.74, 6) is 0.181. The number of nitrogens with one attached hydrogen (secondary N) is 1. The third-order valence-electron chi connectivity index (χ3n) is 1.35. The third kappa shape index (κ3) is 4.78. The van der Waals surface area contributed by atoms with E-state index in [1.165, 1.54) is 21.2 Å². The zero-order valence-corrected chi connectivity index (χ0v) is 9.52. The molecule has 0 saturated carbocycles. The molecule has 0 aromatic heterocycles. The molecule has 13 heavy (non-hydrogen) atoms. The summed E-state index contributed by atoms with van der Waals surface area (Å²) in [6.45, 7) is 0.260. The molecule has 7 heteroatoms. The Morgan fingerprint density at radius 3 is 2.38 bits per heavy atom. The van der Waals surface area contributed by atoms with Gasteiger partial charge in [0.15, 0.2) is 0 Å². The summed E-state index contributed by atoms with van der Waals surface area (Å²) in [6.07, 6.45) is 0. The van der Waals surface area contributed by atoms with Gasteiger partial charge in [-0.2, -0.15) is 17.4 Å². The molecule has 0 aromatic carbocycles. The summed E-state index contributed by atoms with van der Waals surface area (Å²) in [7, 11) is 0.967. The van der Waals surface area contributed by atoms with E-state index < -0.39 is 10.2 Å². The first kappa shape index (κ1) is 13.1. The number of ether oxygens (including phenoxy) is 1. The molecule has 0 fully saturated rings. The van der Waals surface area contributed by atoms with Gasteiger partial charge in [0, 0.05) is 27.1 Å². The summed E-state index contributed by atoms with van der Waals surface area (Å²) in [5, 5.41) is 0. The summed E-state index contributed by atoms with van der Waals surface area (Å²) < 4.78 is 30.8. The van der Waals surface area contributed by atoms with E-state index in [9.17, 15) is 8.42 Å². The quantitative estimate of drug-likeness (QED) is 0.634. The van der Waals surface area contributed by atoms with E-state index in [0.29, 0.717) is 0 Å². The Balaban J connectivity index is 4.23. The molecule has 0 aliphatic rings. The molecule has 1 unspecified atom stereocenters. The summed E-state index contributed by atoms with van der Waals surface area (Å²) in [6, 6.07) is -0.390. The van der Waals surface area contributed by atoms with Crippen LogP contribution in [0.3, 0.4) is 0 Å². The van der Waals surface area contributed by atoms with Crippen molar-refractivity contribution in [2.24, 2.45) is 0 Å². The average molecular weight is 231 g/mol. The Kier molecular flexibility index (Phi) is 5.82. The predicted octanol–water partition coefficient (Wildman–Crippen LogP) is -0.364. The van der Waals surface area contributed by atoms with E-state index in [1.807, 2.05) is 0 Å². The van der Waals surface area contributed by atoms with Crippen LogP contribution in [0.25, 0.3) is 0 Å². The van der Waals surface area contributed by atoms with Gasteiger partial charge in [-0.05, 0) is 0 Å². The number of halogens is 1. The molecule has 0 aromatic rings. The van der Waals surface area contributed by atoms with Crippen molar-refractivity contribution < 1.29 is 13.2 Å². The normalized spacial score (nSPS) is 14.8. The number of nitrogens with zero attached hydrogens (tertiary/aromatic N) is 1. The van der Waals surface area contributed by atoms with Gasteiger partial charge in [-0.1, -0.05) is 0 Å². The molecular formula is C6H15ClN2O3S. The third-order valence-corrected chi connectivity index (χ3v) is 3.32. The lowest BCUT2D eigenvalue weighted by Crippen LogP contribution is -2.45. The minimum Gasteiger partial charge on any atom is -0.383 e. The van der Waals surface area contributed by atoms with E-state index in [1.54, 1.807) is 0 Å². The number of methoxy groups -OCH3 is 1. The monoisotopic (exact) mass is 230 g/mol. The highest BCUT2D eigenvalue weighted by molar-refractivity contribution is 7.87. The first-order valence-electron chi connectivity index (χ1n) is 3.68. The van der Waals surface area contributed by atoms with Crippen LogP contribution < -0.4 is 4.72 Å². The van der Waals surface area contributed by atoms with Gasteiger partial charge in [0.25, 0.3) is 10.2 Å². The SMILES string of the molecule is COCC(CCl)NS(=O)(=O)N(C)C. The Hall–Kier alpha value is 0.120. The minimum atomic E-state index is -3.41. The smallest absolute Gasteiger partial charge is 0.279 e. The van der Waals surface area contributed by atoms with E-state index in [4.69, 9.17) is 16.3 Å². The van der Waals surface area contributed by atoms with Gasteiger partial charge in [-0.15, -0.1) is 11.6 Å². The van der Waals surface area contributed by atoms with Crippen molar-refractivity contribution in [2.75, 3.05) is 33.7 Å². The molecular weight excluding hydrogens is 216 g/mol. The van der Waals surface area contributed by atoms with Crippen molar-refractivity contribution in [3.63, 3.8) is 0 Å². The zero-order valence-electron chi connectivity index (χ0n) is 7.95. The molecule has 1 atom stereocenters. The van der Waals surface area contributed by atoms with Crippen LogP contribution in [0.15, 0.2) is 0 Å². The van der Waals surface area contributed by atoms with E-state index >= 15 is 0 Å². The predicted molar refractivity (Wildman–Crippen MR) is 52.1 cm³/mol. The number of alkyl halides is 1. The highest BCUT2D eigenvalue weighted by Gasteiger charge is 2.18. The Morgan fingerprint density at radius 2 is 2.08 bits per heavy atom. The first-order valence-corrected chi connectivity index (χ1v) is 5.66. The fourth-order valence-electron chi connectivity index (χ4n) is 0.627. The first-order chi connectivity index (χ1) is 5.94. The van der Waals surface area contributed by atoms with Crippen molar-refractivity contribution >= 4 is 21.8 Å². The topological polar surface area (TPSA) is 58.6 Å². The molecule has 0 radical (unpaired) electrons. The molecule has 0 rings (SSSR count). The van der Waals surface area contributed by atoms with Gasteiger partial charge < -0.3 is 4.74 Å². The Bertz CT molecular complexity index is 230. The highest BCUT2D eigenvalue weighted by Crippen LogP contribution is 1.95. The number of hydrogen-bond acceptors (Lipinski definition) is 3. The lowest BCUT2D eigenvalue weighted by Gasteiger charge is -2.18. The van der Waals surface area contributed by atoms with Gasteiger partial charge in [-0.25, -0.2) is 0 Å². The van der Waals surface area contributed by atoms with Crippen molar-refractivity contribution in [3.8, 4) is 0 Å². The Labute approximate surface area is 84.2 Å². The molecule has 0 amide bonds. The molecule has 0 aliphatic carbocycles. The van der Waals surface area contributed by atoms with Gasteiger partial charge in [0.2, 0.25) is 0 Å². The lowest BCUT2D eigenvalue weighted by molar-refractivity contribution is 0.180. The van der Waals surface area contributed by atoms with Gasteiger partial charge in [0.05, 0.1) is 12.6 Å². The maximum atomic E-state index is 11.3. The standard InChI is InChI=1S/C6H15ClN2O3S/c1-9(2)13(10,11)8-6(4-7)5-12-3/h6,8H,4-5H2,1-3H3. The molecule has 0 aliphatic heterocycles. The zero-order chi connectivity index (χ0) is 10.5. The van der Waals surface area contributed by atoms with Crippen molar-refractivity contribution in [3.05, 3.63) is 0 Å². The van der Waals surface area contributed by atoms with Crippen LogP contribution in [-0.4, -0.2) is 52.5 Å². The van der Waals surface area contributed by atoms with Gasteiger partial charge in [0.1, 0.15) is 0 Å². The molecule has 5 nitrogen and oxygen atoms in total. The van der Waals surface area contributed by atoms with Crippen LogP contribution in [0.2, 0.25) is 0 Å². The summed E-state index contributed by atoms with van der Waals surface area (Å²) in [5.41, 5.74) is 0. The van der Waals surface area contributed by atoms with Crippen molar-refractivity contribution in [1.29, 1.82) is 0 Å².